The number of carbonyl (C=O) groups is 1. The minimum absolute atomic E-state index is 0.0527. The maximum Gasteiger partial charge on any atom is 0.266 e. The molecule has 0 radical (unpaired) electrons. The van der Waals surface area contributed by atoms with Crippen LogP contribution in [0.2, 0.25) is 5.02 Å². The molecule has 0 bridgehead atoms. The van der Waals surface area contributed by atoms with Crippen molar-refractivity contribution in [2.24, 2.45) is 0 Å². The summed E-state index contributed by atoms with van der Waals surface area (Å²) in [5.41, 5.74) is -0.359. The molecule has 6 nitrogen and oxygen atoms in total. The van der Waals surface area contributed by atoms with Crippen LogP contribution in [0, 0.1) is 15.9 Å². The summed E-state index contributed by atoms with van der Waals surface area (Å²) in [7, 11) is 1.21. The van der Waals surface area contributed by atoms with Gasteiger partial charge in [-0.2, -0.15) is 0 Å². The third-order valence-corrected chi connectivity index (χ3v) is 3.41. The lowest BCUT2D eigenvalue weighted by molar-refractivity contribution is -0.398. The van der Waals surface area contributed by atoms with E-state index in [0.29, 0.717) is 0 Å². The van der Waals surface area contributed by atoms with Crippen LogP contribution in [0.25, 0.3) is 6.08 Å². The Morgan fingerprint density at radius 3 is 2.62 bits per heavy atom. The van der Waals surface area contributed by atoms with Crippen molar-refractivity contribution < 1.29 is 24.0 Å². The average molecular weight is 351 g/mol. The number of carbonyl (C=O) groups excluding carboxylic acids is 1. The van der Waals surface area contributed by atoms with Gasteiger partial charge in [-0.25, -0.2) is 4.39 Å². The third kappa shape index (κ3) is 3.69. The van der Waals surface area contributed by atoms with E-state index in [0.717, 1.165) is 24.3 Å². The van der Waals surface area contributed by atoms with Gasteiger partial charge in [-0.3, -0.25) is 14.9 Å². The van der Waals surface area contributed by atoms with Crippen molar-refractivity contribution in [3.63, 3.8) is 0 Å². The molecule has 8 heteroatoms. The fourth-order valence-corrected chi connectivity index (χ4v) is 2.20. The van der Waals surface area contributed by atoms with E-state index < -0.39 is 28.0 Å². The Hall–Kier alpha value is -2.93. The number of allylic oxidation sites excluding steroid dienone is 1. The molecule has 2 aromatic carbocycles. The predicted octanol–water partition coefficient (Wildman–Crippen LogP) is 3.37. The molecule has 0 spiro atoms. The van der Waals surface area contributed by atoms with Gasteiger partial charge >= 0.3 is 0 Å². The van der Waals surface area contributed by atoms with Crippen LogP contribution in [-0.4, -0.2) is 17.8 Å². The first-order valence-corrected chi connectivity index (χ1v) is 6.92. The van der Waals surface area contributed by atoms with Gasteiger partial charge in [-0.05, 0) is 35.9 Å². The highest BCUT2D eigenvalue weighted by molar-refractivity contribution is 6.34. The van der Waals surface area contributed by atoms with Gasteiger partial charge in [0.25, 0.3) is 5.69 Å². The molecule has 24 heavy (non-hydrogen) atoms. The standard InChI is InChI=1S/C16H11ClFNO5/c1-24-15-7-9(6-13(16(15)21)19(22)23)2-5-14(20)11-4-3-10(18)8-12(11)17/h2-8,21H,1H3/p-1/b5-2+. The molecular formula is C16H10ClFNO5-. The van der Waals surface area contributed by atoms with Crippen LogP contribution in [-0.2, 0) is 0 Å². The van der Waals surface area contributed by atoms with Gasteiger partial charge in [-0.1, -0.05) is 17.7 Å². The number of nitro groups is 1. The van der Waals surface area contributed by atoms with Crippen molar-refractivity contribution in [3.05, 3.63) is 68.5 Å². The molecule has 0 amide bonds. The molecule has 0 saturated carbocycles. The lowest BCUT2D eigenvalue weighted by Crippen LogP contribution is -2.01. The summed E-state index contributed by atoms with van der Waals surface area (Å²) >= 11 is 5.80. The number of benzene rings is 2. The quantitative estimate of drug-likeness (QED) is 0.357. The summed E-state index contributed by atoms with van der Waals surface area (Å²) in [4.78, 5) is 22.1. The summed E-state index contributed by atoms with van der Waals surface area (Å²) in [5, 5.41) is 22.6. The molecule has 0 aliphatic carbocycles. The van der Waals surface area contributed by atoms with E-state index in [4.69, 9.17) is 16.3 Å². The maximum atomic E-state index is 13.0. The lowest BCUT2D eigenvalue weighted by atomic mass is 10.1. The van der Waals surface area contributed by atoms with Crippen LogP contribution in [0.1, 0.15) is 15.9 Å². The molecular weight excluding hydrogens is 341 g/mol. The SMILES string of the molecule is COc1cc(/C=C/C(=O)c2ccc(F)cc2Cl)cc([N+](=O)[O-])c1[O-]. The predicted molar refractivity (Wildman–Crippen MR) is 83.9 cm³/mol. The minimum atomic E-state index is -0.854. The van der Waals surface area contributed by atoms with Crippen molar-refractivity contribution in [2.75, 3.05) is 7.11 Å². The monoisotopic (exact) mass is 350 g/mol. The molecule has 0 aliphatic rings. The number of methoxy groups -OCH3 is 1. The largest absolute Gasteiger partial charge is 0.865 e. The Kier molecular flexibility index (Phi) is 5.15. The number of ether oxygens (including phenoxy) is 1. The summed E-state index contributed by atoms with van der Waals surface area (Å²) in [6.45, 7) is 0. The fourth-order valence-electron chi connectivity index (χ4n) is 1.94. The lowest BCUT2D eigenvalue weighted by Gasteiger charge is -2.13. The zero-order chi connectivity index (χ0) is 17.9. The summed E-state index contributed by atoms with van der Waals surface area (Å²) < 4.78 is 17.8. The highest BCUT2D eigenvalue weighted by Gasteiger charge is 2.13. The van der Waals surface area contributed by atoms with E-state index in [1.54, 1.807) is 0 Å². The fraction of sp³-hybridized carbons (Fsp3) is 0.0625. The molecule has 0 N–H and O–H groups in total. The smallest absolute Gasteiger partial charge is 0.266 e. The molecule has 0 aromatic heterocycles. The molecule has 0 fully saturated rings. The first kappa shape index (κ1) is 17.4. The van der Waals surface area contributed by atoms with Gasteiger partial charge in [0.05, 0.1) is 17.1 Å². The van der Waals surface area contributed by atoms with Gasteiger partial charge in [0, 0.05) is 17.4 Å². The van der Waals surface area contributed by atoms with E-state index in [1.165, 1.54) is 25.3 Å². The Morgan fingerprint density at radius 2 is 2.04 bits per heavy atom. The van der Waals surface area contributed by atoms with E-state index in [9.17, 15) is 24.4 Å². The Morgan fingerprint density at radius 1 is 1.33 bits per heavy atom. The van der Waals surface area contributed by atoms with Crippen LogP contribution >= 0.6 is 11.6 Å². The third-order valence-electron chi connectivity index (χ3n) is 3.10. The Bertz CT molecular complexity index is 851. The topological polar surface area (TPSA) is 92.5 Å². The number of halogens is 2. The summed E-state index contributed by atoms with van der Waals surface area (Å²) in [6.07, 6.45) is 2.39. The van der Waals surface area contributed by atoms with Crippen molar-refractivity contribution in [3.8, 4) is 11.5 Å². The molecule has 0 saturated heterocycles. The number of hydrogen-bond acceptors (Lipinski definition) is 5. The number of ketones is 1. The highest BCUT2D eigenvalue weighted by Crippen LogP contribution is 2.34. The van der Waals surface area contributed by atoms with Gasteiger partial charge in [0.2, 0.25) is 0 Å². The van der Waals surface area contributed by atoms with Crippen molar-refractivity contribution in [1.82, 2.24) is 0 Å². The minimum Gasteiger partial charge on any atom is -0.865 e. The molecule has 124 valence electrons. The van der Waals surface area contributed by atoms with Crippen LogP contribution in [0.15, 0.2) is 36.4 Å². The maximum absolute atomic E-state index is 13.0. The normalized spacial score (nSPS) is 10.8. The second-order valence-corrected chi connectivity index (χ2v) is 5.06. The Labute approximate surface area is 140 Å². The highest BCUT2D eigenvalue weighted by atomic mass is 35.5. The zero-order valence-corrected chi connectivity index (χ0v) is 13.0. The number of nitrogens with zero attached hydrogens (tertiary/aromatic N) is 1. The first-order chi connectivity index (χ1) is 11.3. The van der Waals surface area contributed by atoms with E-state index >= 15 is 0 Å². The van der Waals surface area contributed by atoms with Crippen LogP contribution in [0.3, 0.4) is 0 Å². The van der Waals surface area contributed by atoms with Crippen molar-refractivity contribution in [1.29, 1.82) is 0 Å². The van der Waals surface area contributed by atoms with Gasteiger partial charge in [0.1, 0.15) is 11.6 Å². The molecule has 0 heterocycles. The second kappa shape index (κ2) is 7.10. The Balaban J connectivity index is 2.36. The van der Waals surface area contributed by atoms with E-state index in [-0.39, 0.29) is 21.9 Å². The van der Waals surface area contributed by atoms with Gasteiger partial charge < -0.3 is 9.84 Å². The molecule has 2 rings (SSSR count). The zero-order valence-electron chi connectivity index (χ0n) is 12.3. The molecule has 0 unspecified atom stereocenters. The summed E-state index contributed by atoms with van der Waals surface area (Å²) in [6, 6.07) is 5.62. The van der Waals surface area contributed by atoms with Gasteiger partial charge in [-0.15, -0.1) is 0 Å². The van der Waals surface area contributed by atoms with Crippen molar-refractivity contribution in [2.45, 2.75) is 0 Å². The molecule has 2 aromatic rings. The van der Waals surface area contributed by atoms with E-state index in [1.807, 2.05) is 0 Å². The second-order valence-electron chi connectivity index (χ2n) is 4.65. The van der Waals surface area contributed by atoms with Crippen LogP contribution in [0.5, 0.6) is 11.5 Å². The molecule has 0 atom stereocenters. The van der Waals surface area contributed by atoms with Crippen molar-refractivity contribution >= 4 is 29.1 Å². The summed E-state index contributed by atoms with van der Waals surface area (Å²) in [5.74, 6) is -2.16. The number of hydrogen-bond donors (Lipinski definition) is 0. The average Bonchev–Trinajstić information content (AvgIpc) is 2.53. The first-order valence-electron chi connectivity index (χ1n) is 6.54. The number of nitro benzene ring substituents is 1. The number of rotatable bonds is 5. The molecule has 0 aliphatic heterocycles. The van der Waals surface area contributed by atoms with Gasteiger partial charge in [0.15, 0.2) is 5.78 Å². The van der Waals surface area contributed by atoms with Crippen LogP contribution in [0.4, 0.5) is 10.1 Å². The van der Waals surface area contributed by atoms with E-state index in [2.05, 4.69) is 0 Å². The van der Waals surface area contributed by atoms with Crippen LogP contribution < -0.4 is 9.84 Å².